The van der Waals surface area contributed by atoms with E-state index >= 15 is 0 Å². The molecule has 1 heterocycles. The van der Waals surface area contributed by atoms with Crippen molar-refractivity contribution in [3.05, 3.63) is 37.5 Å². The fourth-order valence-electron chi connectivity index (χ4n) is 6.41. The number of carbonyl (C=O) groups excluding carboxylic acids is 5. The summed E-state index contributed by atoms with van der Waals surface area (Å²) < 4.78 is 5.57. The van der Waals surface area contributed by atoms with Gasteiger partial charge in [-0.25, -0.2) is 0 Å². The van der Waals surface area contributed by atoms with E-state index in [1.165, 1.54) is 6.08 Å². The molecule has 0 radical (unpaired) electrons. The summed E-state index contributed by atoms with van der Waals surface area (Å²) in [7, 11) is 0. The highest BCUT2D eigenvalue weighted by Crippen LogP contribution is 2.65. The topological polar surface area (TPSA) is 122 Å². The number of rotatable bonds is 13. The molecule has 1 saturated carbocycles. The lowest BCUT2D eigenvalue weighted by Crippen LogP contribution is -2.56. The first-order valence-corrected chi connectivity index (χ1v) is 14.8. The number of nitrogens with one attached hydrogen (secondary N) is 2. The highest BCUT2D eigenvalue weighted by atomic mass is 16.6. The van der Waals surface area contributed by atoms with Crippen molar-refractivity contribution in [2.75, 3.05) is 13.1 Å². The Morgan fingerprint density at radius 1 is 1.15 bits per heavy atom. The second-order valence-electron chi connectivity index (χ2n) is 13.1. The van der Waals surface area contributed by atoms with Crippen LogP contribution >= 0.6 is 0 Å². The maximum absolute atomic E-state index is 14.2. The van der Waals surface area contributed by atoms with E-state index in [2.05, 4.69) is 37.6 Å². The summed E-state index contributed by atoms with van der Waals surface area (Å²) in [5, 5.41) is 5.27. The summed E-state index contributed by atoms with van der Waals surface area (Å²) in [6, 6.07) is -1.85. The molecule has 0 aromatic heterocycles. The van der Waals surface area contributed by atoms with Gasteiger partial charge < -0.3 is 20.3 Å². The van der Waals surface area contributed by atoms with E-state index < -0.39 is 47.2 Å². The molecule has 1 saturated heterocycles. The Morgan fingerprint density at radius 2 is 1.85 bits per heavy atom. The molecule has 0 bridgehead atoms. The molecule has 2 fully saturated rings. The maximum atomic E-state index is 14.2. The van der Waals surface area contributed by atoms with Crippen LogP contribution in [0.5, 0.6) is 0 Å². The molecule has 41 heavy (non-hydrogen) atoms. The number of esters is 1. The van der Waals surface area contributed by atoms with Crippen molar-refractivity contribution >= 4 is 29.5 Å². The number of Topliss-reactive ketones (excluding diaryl/α,β-unsaturated/α-hetero) is 1. The van der Waals surface area contributed by atoms with E-state index in [0.717, 1.165) is 19.3 Å². The number of allylic oxidation sites excluding steroid dienone is 3. The summed E-state index contributed by atoms with van der Waals surface area (Å²) >= 11 is 0. The average molecular weight is 570 g/mol. The molecule has 6 atom stereocenters. The first-order chi connectivity index (χ1) is 19.2. The van der Waals surface area contributed by atoms with Gasteiger partial charge in [0.25, 0.3) is 5.91 Å². The van der Waals surface area contributed by atoms with E-state index in [9.17, 15) is 24.0 Å². The first kappa shape index (κ1) is 32.3. The monoisotopic (exact) mass is 569 g/mol. The number of amides is 3. The minimum Gasteiger partial charge on any atom is -0.460 e. The molecule has 0 spiro atoms. The van der Waals surface area contributed by atoms with Gasteiger partial charge in [-0.3, -0.25) is 24.0 Å². The molecule has 2 N–H and O–H groups in total. The van der Waals surface area contributed by atoms with Gasteiger partial charge in [-0.05, 0) is 76.0 Å². The lowest BCUT2D eigenvalue weighted by molar-refractivity contribution is -0.160. The zero-order valence-electron chi connectivity index (χ0n) is 25.2. The van der Waals surface area contributed by atoms with Crippen LogP contribution in [-0.2, 0) is 28.7 Å². The van der Waals surface area contributed by atoms with E-state index in [0.29, 0.717) is 13.0 Å². The number of ketones is 1. The molecule has 3 aliphatic rings. The lowest BCUT2D eigenvalue weighted by atomic mass is 9.81. The minimum absolute atomic E-state index is 0.0708. The van der Waals surface area contributed by atoms with E-state index in [1.807, 2.05) is 12.2 Å². The van der Waals surface area contributed by atoms with Crippen molar-refractivity contribution in [1.29, 1.82) is 0 Å². The Morgan fingerprint density at radius 3 is 2.44 bits per heavy atom. The zero-order valence-corrected chi connectivity index (χ0v) is 25.2. The molecule has 9 nitrogen and oxygen atoms in total. The molecule has 3 rings (SSSR count). The van der Waals surface area contributed by atoms with Crippen LogP contribution in [0, 0.1) is 29.1 Å². The van der Waals surface area contributed by atoms with Crippen LogP contribution in [0.2, 0.25) is 0 Å². The Hall–Kier alpha value is -3.23. The Balaban J connectivity index is 1.86. The Bertz CT molecular complexity index is 1090. The Labute approximate surface area is 244 Å². The van der Waals surface area contributed by atoms with Crippen molar-refractivity contribution < 1.29 is 28.7 Å². The number of hydrogen-bond acceptors (Lipinski definition) is 6. The second kappa shape index (κ2) is 13.2. The van der Waals surface area contributed by atoms with Crippen molar-refractivity contribution in [2.24, 2.45) is 29.1 Å². The molecular formula is C32H47N3O6. The number of carbonyl (C=O) groups is 5. The SMILES string of the molecule is C=CCC[C@@H](NC(=O)[C@@H]1[C@@H]2C(CN1C(=O)C(CC(=O)OC(C)(C)C)C1C=CCCC1)C2(C)C)C(=O)C(=O)NCC=C. The van der Waals surface area contributed by atoms with E-state index in [4.69, 9.17) is 4.74 Å². The zero-order chi connectivity index (χ0) is 30.5. The molecule has 226 valence electrons. The smallest absolute Gasteiger partial charge is 0.307 e. The molecule has 0 aromatic rings. The van der Waals surface area contributed by atoms with Crippen molar-refractivity contribution in [3.63, 3.8) is 0 Å². The molecule has 1 aliphatic heterocycles. The fraction of sp³-hybridized carbons (Fsp3) is 0.656. The van der Waals surface area contributed by atoms with Crippen molar-refractivity contribution in [2.45, 2.75) is 90.8 Å². The van der Waals surface area contributed by atoms with Crippen LogP contribution in [0.3, 0.4) is 0 Å². The quantitative estimate of drug-likeness (QED) is 0.199. The normalized spacial score (nSPS) is 25.7. The number of piperidine rings is 1. The van der Waals surface area contributed by atoms with E-state index in [1.54, 1.807) is 31.7 Å². The van der Waals surface area contributed by atoms with Crippen LogP contribution in [0.4, 0.5) is 0 Å². The summed E-state index contributed by atoms with van der Waals surface area (Å²) in [6.45, 7) is 17.3. The van der Waals surface area contributed by atoms with Gasteiger partial charge in [0.15, 0.2) is 0 Å². The third-order valence-corrected chi connectivity index (χ3v) is 8.62. The highest BCUT2D eigenvalue weighted by Gasteiger charge is 2.69. The number of nitrogens with zero attached hydrogens (tertiary/aromatic N) is 1. The molecule has 3 amide bonds. The van der Waals surface area contributed by atoms with Crippen LogP contribution in [0.25, 0.3) is 0 Å². The van der Waals surface area contributed by atoms with Crippen LogP contribution in [0.15, 0.2) is 37.5 Å². The van der Waals surface area contributed by atoms with Gasteiger partial charge in [0.2, 0.25) is 17.6 Å². The van der Waals surface area contributed by atoms with Crippen molar-refractivity contribution in [1.82, 2.24) is 15.5 Å². The van der Waals surface area contributed by atoms with Gasteiger partial charge in [-0.2, -0.15) is 0 Å². The number of hydrogen-bond donors (Lipinski definition) is 2. The molecule has 0 aromatic carbocycles. The molecular weight excluding hydrogens is 522 g/mol. The summed E-state index contributed by atoms with van der Waals surface area (Å²) in [4.78, 5) is 68.0. The summed E-state index contributed by atoms with van der Waals surface area (Å²) in [5.41, 5.74) is -0.827. The van der Waals surface area contributed by atoms with E-state index in [-0.39, 0.29) is 48.5 Å². The molecule has 2 aliphatic carbocycles. The molecule has 3 unspecified atom stereocenters. The summed E-state index contributed by atoms with van der Waals surface area (Å²) in [5.74, 6) is -3.43. The fourth-order valence-corrected chi connectivity index (χ4v) is 6.41. The minimum atomic E-state index is -1.05. The van der Waals surface area contributed by atoms with Gasteiger partial charge in [0, 0.05) is 13.1 Å². The lowest BCUT2D eigenvalue weighted by Gasteiger charge is -2.36. The van der Waals surface area contributed by atoms with Crippen LogP contribution in [-0.4, -0.2) is 65.1 Å². The number of fused-ring (bicyclic) bond motifs is 1. The third-order valence-electron chi connectivity index (χ3n) is 8.62. The van der Waals surface area contributed by atoms with Crippen LogP contribution in [0.1, 0.15) is 73.1 Å². The van der Waals surface area contributed by atoms with Gasteiger partial charge in [0.05, 0.1) is 18.4 Å². The largest absolute Gasteiger partial charge is 0.460 e. The number of likely N-dealkylation sites (tertiary alicyclic amines) is 1. The second-order valence-corrected chi connectivity index (χ2v) is 13.1. The third kappa shape index (κ3) is 7.74. The van der Waals surface area contributed by atoms with Crippen molar-refractivity contribution in [3.8, 4) is 0 Å². The predicted molar refractivity (Wildman–Crippen MR) is 156 cm³/mol. The van der Waals surface area contributed by atoms with Gasteiger partial charge in [-0.1, -0.05) is 38.2 Å². The maximum Gasteiger partial charge on any atom is 0.307 e. The molecule has 9 heteroatoms. The number of ether oxygens (including phenoxy) is 1. The highest BCUT2D eigenvalue weighted by molar-refractivity contribution is 6.38. The van der Waals surface area contributed by atoms with Gasteiger partial charge in [-0.15, -0.1) is 13.2 Å². The van der Waals surface area contributed by atoms with Gasteiger partial charge >= 0.3 is 5.97 Å². The average Bonchev–Trinajstić information content (AvgIpc) is 3.23. The van der Waals surface area contributed by atoms with Crippen LogP contribution < -0.4 is 10.6 Å². The summed E-state index contributed by atoms with van der Waals surface area (Å²) in [6.07, 6.45) is 10.3. The predicted octanol–water partition coefficient (Wildman–Crippen LogP) is 3.50. The Kier molecular flexibility index (Phi) is 10.4. The standard InChI is InChI=1S/C32H47N3O6/c1-8-10-16-23(27(37)29(39)33-17-9-2)34-28(38)26-25-22(32(25,6)7)19-35(26)30(40)21(20-14-12-11-13-15-20)18-24(36)41-31(3,4)5/h8-9,12,14,20-23,25-26H,1-2,10-11,13,15-19H2,3-7H3,(H,33,39)(H,34,38)/t20?,21?,22?,23-,25+,26+/m1/s1. The first-order valence-electron chi connectivity index (χ1n) is 14.8. The van der Waals surface area contributed by atoms with Gasteiger partial charge in [0.1, 0.15) is 11.6 Å².